The fourth-order valence-corrected chi connectivity index (χ4v) is 2.18. The lowest BCUT2D eigenvalue weighted by atomic mass is 10.1. The molecule has 0 radical (unpaired) electrons. The Kier molecular flexibility index (Phi) is 5.85. The molecule has 1 fully saturated rings. The van der Waals surface area contributed by atoms with E-state index in [4.69, 9.17) is 4.74 Å². The maximum absolute atomic E-state index is 11.8. The topological polar surface area (TPSA) is 41.6 Å². The molecule has 1 N–H and O–H groups in total. The van der Waals surface area contributed by atoms with Crippen LogP contribution in [0.5, 0.6) is 0 Å². The predicted octanol–water partition coefficient (Wildman–Crippen LogP) is 1.07. The van der Waals surface area contributed by atoms with Crippen LogP contribution < -0.4 is 5.32 Å². The number of nitrogens with one attached hydrogen (secondary N) is 1. The van der Waals surface area contributed by atoms with Gasteiger partial charge in [-0.15, -0.1) is 0 Å². The van der Waals surface area contributed by atoms with Crippen LogP contribution in [0.15, 0.2) is 30.3 Å². The van der Waals surface area contributed by atoms with Crippen molar-refractivity contribution in [3.05, 3.63) is 35.9 Å². The van der Waals surface area contributed by atoms with Crippen LogP contribution in [-0.2, 0) is 16.0 Å². The zero-order chi connectivity index (χ0) is 13.3. The van der Waals surface area contributed by atoms with E-state index in [-0.39, 0.29) is 5.91 Å². The summed E-state index contributed by atoms with van der Waals surface area (Å²) >= 11 is 0. The molecule has 1 aromatic rings. The number of benzene rings is 1. The van der Waals surface area contributed by atoms with E-state index >= 15 is 0 Å². The van der Waals surface area contributed by atoms with Crippen LogP contribution in [0.1, 0.15) is 12.0 Å². The maximum Gasteiger partial charge on any atom is 0.236 e. The van der Waals surface area contributed by atoms with Crippen molar-refractivity contribution in [3.8, 4) is 0 Å². The van der Waals surface area contributed by atoms with E-state index in [1.54, 1.807) is 0 Å². The molecule has 4 heteroatoms. The second-order valence-electron chi connectivity index (χ2n) is 4.76. The summed E-state index contributed by atoms with van der Waals surface area (Å²) in [5, 5.41) is 3.22. The molecule has 0 aliphatic carbocycles. The van der Waals surface area contributed by atoms with Gasteiger partial charge in [-0.2, -0.15) is 0 Å². The first kappa shape index (κ1) is 14.0. The van der Waals surface area contributed by atoms with E-state index < -0.39 is 0 Å². The molecule has 104 valence electrons. The minimum absolute atomic E-state index is 0.183. The monoisotopic (exact) mass is 262 g/mol. The van der Waals surface area contributed by atoms with Crippen LogP contribution in [0.25, 0.3) is 0 Å². The van der Waals surface area contributed by atoms with E-state index in [1.807, 2.05) is 11.0 Å². The number of carbonyl (C=O) groups excluding carboxylic acids is 1. The van der Waals surface area contributed by atoms with Gasteiger partial charge in [0.1, 0.15) is 0 Å². The van der Waals surface area contributed by atoms with Gasteiger partial charge in [-0.05, 0) is 24.9 Å². The summed E-state index contributed by atoms with van der Waals surface area (Å²) in [6.45, 7) is 4.11. The second-order valence-corrected chi connectivity index (χ2v) is 4.76. The first-order valence-electron chi connectivity index (χ1n) is 6.96. The summed E-state index contributed by atoms with van der Waals surface area (Å²) in [7, 11) is 0. The van der Waals surface area contributed by atoms with Gasteiger partial charge in [-0.25, -0.2) is 0 Å². The molecule has 1 aliphatic heterocycles. The Morgan fingerprint density at radius 1 is 1.21 bits per heavy atom. The molecule has 2 rings (SSSR count). The number of rotatable bonds is 6. The molecule has 0 unspecified atom stereocenters. The van der Waals surface area contributed by atoms with Gasteiger partial charge in [0.2, 0.25) is 5.91 Å². The Hall–Kier alpha value is -1.39. The third-order valence-electron chi connectivity index (χ3n) is 3.30. The molecule has 1 aromatic carbocycles. The first-order valence-corrected chi connectivity index (χ1v) is 6.96. The van der Waals surface area contributed by atoms with Gasteiger partial charge in [-0.3, -0.25) is 4.79 Å². The Labute approximate surface area is 114 Å². The van der Waals surface area contributed by atoms with E-state index in [9.17, 15) is 4.79 Å². The summed E-state index contributed by atoms with van der Waals surface area (Å²) in [4.78, 5) is 13.7. The molecule has 0 aromatic heterocycles. The second kappa shape index (κ2) is 7.92. The molecular formula is C15H22N2O2. The van der Waals surface area contributed by atoms with Gasteiger partial charge in [0.15, 0.2) is 0 Å². The van der Waals surface area contributed by atoms with Crippen LogP contribution in [0.2, 0.25) is 0 Å². The number of amides is 1. The third-order valence-corrected chi connectivity index (χ3v) is 3.30. The van der Waals surface area contributed by atoms with Gasteiger partial charge >= 0.3 is 0 Å². The summed E-state index contributed by atoms with van der Waals surface area (Å²) in [5.74, 6) is 0.183. The Morgan fingerprint density at radius 2 is 1.95 bits per heavy atom. The summed E-state index contributed by atoms with van der Waals surface area (Å²) in [6, 6.07) is 10.4. The number of carbonyl (C=O) groups is 1. The Morgan fingerprint density at radius 3 is 2.68 bits per heavy atom. The van der Waals surface area contributed by atoms with Crippen LogP contribution in [0, 0.1) is 0 Å². The van der Waals surface area contributed by atoms with Gasteiger partial charge in [0.05, 0.1) is 19.8 Å². The molecule has 4 nitrogen and oxygen atoms in total. The molecule has 0 spiro atoms. The Bertz CT molecular complexity index is 375. The minimum atomic E-state index is 0.183. The van der Waals surface area contributed by atoms with Crippen molar-refractivity contribution in [2.45, 2.75) is 12.8 Å². The van der Waals surface area contributed by atoms with Crippen LogP contribution >= 0.6 is 0 Å². The molecule has 0 saturated carbocycles. The molecule has 0 bridgehead atoms. The zero-order valence-corrected chi connectivity index (χ0v) is 11.3. The molecule has 1 amide bonds. The third kappa shape index (κ3) is 5.01. The fraction of sp³-hybridized carbons (Fsp3) is 0.533. The van der Waals surface area contributed by atoms with E-state index in [0.717, 1.165) is 32.5 Å². The highest BCUT2D eigenvalue weighted by molar-refractivity contribution is 5.78. The summed E-state index contributed by atoms with van der Waals surface area (Å²) < 4.78 is 5.23. The van der Waals surface area contributed by atoms with Gasteiger partial charge in [-0.1, -0.05) is 30.3 Å². The highest BCUT2D eigenvalue weighted by Crippen LogP contribution is 2.01. The number of nitrogens with zero attached hydrogens (tertiary/aromatic N) is 1. The number of morpholine rings is 1. The van der Waals surface area contributed by atoms with Crippen molar-refractivity contribution >= 4 is 5.91 Å². The maximum atomic E-state index is 11.8. The first-order chi connectivity index (χ1) is 9.36. The van der Waals surface area contributed by atoms with Gasteiger partial charge < -0.3 is 15.0 Å². The highest BCUT2D eigenvalue weighted by Gasteiger charge is 2.15. The van der Waals surface area contributed by atoms with Crippen molar-refractivity contribution in [1.29, 1.82) is 0 Å². The van der Waals surface area contributed by atoms with E-state index in [2.05, 4.69) is 29.6 Å². The normalized spacial score (nSPS) is 15.5. The summed E-state index contributed by atoms with van der Waals surface area (Å²) in [5.41, 5.74) is 1.35. The largest absolute Gasteiger partial charge is 0.378 e. The fourth-order valence-electron chi connectivity index (χ4n) is 2.18. The standard InChI is InChI=1S/C15H22N2O2/c18-15(17-9-11-19-12-10-17)13-16-8-4-7-14-5-2-1-3-6-14/h1-3,5-6,16H,4,7-13H2. The SMILES string of the molecule is O=C(CNCCCc1ccccc1)N1CCOCC1. The molecular weight excluding hydrogens is 240 g/mol. The van der Waals surface area contributed by atoms with Crippen molar-refractivity contribution in [2.75, 3.05) is 39.4 Å². The quantitative estimate of drug-likeness (QED) is 0.780. The lowest BCUT2D eigenvalue weighted by Crippen LogP contribution is -2.44. The molecule has 1 heterocycles. The van der Waals surface area contributed by atoms with Crippen LogP contribution in [-0.4, -0.2) is 50.2 Å². The summed E-state index contributed by atoms with van der Waals surface area (Å²) in [6.07, 6.45) is 2.11. The average molecular weight is 262 g/mol. The van der Waals surface area contributed by atoms with Gasteiger partial charge in [0.25, 0.3) is 0 Å². The molecule has 1 saturated heterocycles. The Balaban J connectivity index is 1.55. The molecule has 0 atom stereocenters. The van der Waals surface area contributed by atoms with Crippen molar-refractivity contribution in [1.82, 2.24) is 10.2 Å². The van der Waals surface area contributed by atoms with Crippen LogP contribution in [0.4, 0.5) is 0 Å². The lowest BCUT2D eigenvalue weighted by Gasteiger charge is -2.26. The minimum Gasteiger partial charge on any atom is -0.378 e. The highest BCUT2D eigenvalue weighted by atomic mass is 16.5. The van der Waals surface area contributed by atoms with Crippen LogP contribution in [0.3, 0.4) is 0 Å². The van der Waals surface area contributed by atoms with Crippen molar-refractivity contribution < 1.29 is 9.53 Å². The van der Waals surface area contributed by atoms with Crippen molar-refractivity contribution in [3.63, 3.8) is 0 Å². The number of aryl methyl sites for hydroxylation is 1. The number of hydrogen-bond acceptors (Lipinski definition) is 3. The lowest BCUT2D eigenvalue weighted by molar-refractivity contribution is -0.134. The smallest absolute Gasteiger partial charge is 0.236 e. The number of ether oxygens (including phenoxy) is 1. The average Bonchev–Trinajstić information content (AvgIpc) is 2.49. The van der Waals surface area contributed by atoms with Crippen molar-refractivity contribution in [2.24, 2.45) is 0 Å². The van der Waals surface area contributed by atoms with Gasteiger partial charge in [0, 0.05) is 13.1 Å². The van der Waals surface area contributed by atoms with E-state index in [1.165, 1.54) is 5.56 Å². The molecule has 1 aliphatic rings. The van der Waals surface area contributed by atoms with E-state index in [0.29, 0.717) is 19.8 Å². The zero-order valence-electron chi connectivity index (χ0n) is 11.3. The predicted molar refractivity (Wildman–Crippen MR) is 75.0 cm³/mol. The number of hydrogen-bond donors (Lipinski definition) is 1. The molecule has 19 heavy (non-hydrogen) atoms.